The smallest absolute Gasteiger partial charge is 0.177 e. The van der Waals surface area contributed by atoms with Gasteiger partial charge in [-0.2, -0.15) is 0 Å². The van der Waals surface area contributed by atoms with Gasteiger partial charge >= 0.3 is 0 Å². The number of carbonyl (C=O) groups is 1. The van der Waals surface area contributed by atoms with E-state index in [0.717, 1.165) is 0 Å². The van der Waals surface area contributed by atoms with E-state index in [9.17, 15) is 9.18 Å². The van der Waals surface area contributed by atoms with Crippen LogP contribution >= 0.6 is 38.9 Å². The molecule has 0 atom stereocenters. The molecule has 0 spiro atoms. The van der Waals surface area contributed by atoms with Crippen LogP contribution in [-0.4, -0.2) is 5.78 Å². The second-order valence-electron chi connectivity index (χ2n) is 3.48. The van der Waals surface area contributed by atoms with Gasteiger partial charge < -0.3 is 0 Å². The summed E-state index contributed by atoms with van der Waals surface area (Å²) >= 11 is 10.2. The summed E-state index contributed by atoms with van der Waals surface area (Å²) in [7, 11) is 0. The highest BCUT2D eigenvalue weighted by Crippen LogP contribution is 2.23. The second-order valence-corrected chi connectivity index (χ2v) is 6.11. The third-order valence-electron chi connectivity index (χ3n) is 2.14. The number of carbonyl (C=O) groups excluding carboxylic acids is 1. The first-order valence-electron chi connectivity index (χ1n) is 4.78. The van der Waals surface area contributed by atoms with E-state index >= 15 is 0 Å². The van der Waals surface area contributed by atoms with Crippen molar-refractivity contribution < 1.29 is 9.18 Å². The molecule has 0 amide bonds. The van der Waals surface area contributed by atoms with E-state index in [1.807, 2.05) is 0 Å². The van der Waals surface area contributed by atoms with Crippen molar-refractivity contribution in [1.29, 1.82) is 0 Å². The van der Waals surface area contributed by atoms with Crippen LogP contribution in [0.15, 0.2) is 34.8 Å². The van der Waals surface area contributed by atoms with Gasteiger partial charge in [0.25, 0.3) is 0 Å². The largest absolute Gasteiger partial charge is 0.293 e. The van der Waals surface area contributed by atoms with Crippen LogP contribution in [0.4, 0.5) is 4.39 Å². The number of hydrogen-bond donors (Lipinski definition) is 0. The van der Waals surface area contributed by atoms with Gasteiger partial charge in [-0.3, -0.25) is 4.79 Å². The molecule has 1 nitrogen and oxygen atoms in total. The van der Waals surface area contributed by atoms with Crippen LogP contribution in [0.5, 0.6) is 0 Å². The van der Waals surface area contributed by atoms with Crippen LogP contribution in [0.2, 0.25) is 4.34 Å². The van der Waals surface area contributed by atoms with E-state index in [0.29, 0.717) is 19.2 Å². The van der Waals surface area contributed by atoms with E-state index in [-0.39, 0.29) is 18.0 Å². The average molecular weight is 334 g/mol. The monoisotopic (exact) mass is 332 g/mol. The minimum absolute atomic E-state index is 0.0561. The first-order valence-corrected chi connectivity index (χ1v) is 6.77. The van der Waals surface area contributed by atoms with Gasteiger partial charge in [0.05, 0.1) is 9.21 Å². The molecule has 0 saturated heterocycles. The van der Waals surface area contributed by atoms with E-state index in [1.54, 1.807) is 18.2 Å². The van der Waals surface area contributed by atoms with Gasteiger partial charge in [0.1, 0.15) is 5.82 Å². The summed E-state index contributed by atoms with van der Waals surface area (Å²) in [5.41, 5.74) is 0.645. The van der Waals surface area contributed by atoms with Crippen LogP contribution in [0, 0.1) is 5.82 Å². The summed E-state index contributed by atoms with van der Waals surface area (Å²) in [6, 6.07) is 7.81. The van der Waals surface area contributed by atoms with E-state index in [4.69, 9.17) is 11.6 Å². The lowest BCUT2D eigenvalue weighted by atomic mass is 10.1. The van der Waals surface area contributed by atoms with E-state index in [2.05, 4.69) is 15.9 Å². The molecular weight excluding hydrogens is 327 g/mol. The minimum atomic E-state index is -0.355. The lowest BCUT2D eigenvalue weighted by Crippen LogP contribution is -2.01. The summed E-state index contributed by atoms with van der Waals surface area (Å²) in [5, 5.41) is 0. The third-order valence-corrected chi connectivity index (χ3v) is 3.87. The van der Waals surface area contributed by atoms with Crippen LogP contribution < -0.4 is 0 Å². The predicted octanol–water partition coefficient (Wildman–Crippen LogP) is 4.73. The number of rotatable bonds is 3. The van der Waals surface area contributed by atoms with Gasteiger partial charge in [-0.25, -0.2) is 4.39 Å². The Kier molecular flexibility index (Phi) is 3.97. The Bertz CT molecular complexity index is 547. The Morgan fingerprint density at radius 2 is 2.12 bits per heavy atom. The molecule has 0 N–H and O–H groups in total. The standard InChI is InChI=1S/C12H7BrClFOS/c13-8-3-7(4-9(15)6-8)5-10(16)11-1-2-12(14)17-11/h1-4,6H,5H2. The number of halogens is 3. The minimum Gasteiger partial charge on any atom is -0.293 e. The van der Waals surface area contributed by atoms with Gasteiger partial charge in [-0.05, 0) is 35.9 Å². The second kappa shape index (κ2) is 5.29. The molecule has 0 radical (unpaired) electrons. The fraction of sp³-hybridized carbons (Fsp3) is 0.0833. The molecule has 2 aromatic rings. The highest BCUT2D eigenvalue weighted by molar-refractivity contribution is 9.10. The maximum Gasteiger partial charge on any atom is 0.177 e. The van der Waals surface area contributed by atoms with Crippen molar-refractivity contribution >= 4 is 44.7 Å². The van der Waals surface area contributed by atoms with Crippen LogP contribution in [0.3, 0.4) is 0 Å². The molecule has 88 valence electrons. The lowest BCUT2D eigenvalue weighted by molar-refractivity contribution is 0.0997. The molecule has 5 heteroatoms. The van der Waals surface area contributed by atoms with Crippen molar-refractivity contribution in [2.24, 2.45) is 0 Å². The summed E-state index contributed by atoms with van der Waals surface area (Å²) in [4.78, 5) is 12.5. The Balaban J connectivity index is 2.18. The maximum atomic E-state index is 13.1. The number of thiophene rings is 1. The molecule has 1 aromatic heterocycles. The van der Waals surface area contributed by atoms with Gasteiger partial charge in [-0.15, -0.1) is 11.3 Å². The number of hydrogen-bond acceptors (Lipinski definition) is 2. The molecule has 0 saturated carbocycles. The van der Waals surface area contributed by atoms with Crippen LogP contribution in [0.1, 0.15) is 15.2 Å². The topological polar surface area (TPSA) is 17.1 Å². The van der Waals surface area contributed by atoms with E-state index in [1.165, 1.54) is 23.5 Å². The number of Topliss-reactive ketones (excluding diaryl/α,β-unsaturated/α-hetero) is 1. The molecule has 0 fully saturated rings. The number of benzene rings is 1. The van der Waals surface area contributed by atoms with Crippen molar-refractivity contribution in [2.75, 3.05) is 0 Å². The zero-order valence-corrected chi connectivity index (χ0v) is 11.7. The summed E-state index contributed by atoms with van der Waals surface area (Å²) in [6.45, 7) is 0. The Labute approximate surface area is 115 Å². The summed E-state index contributed by atoms with van der Waals surface area (Å²) in [6.07, 6.45) is 0.174. The van der Waals surface area contributed by atoms with Crippen molar-refractivity contribution in [1.82, 2.24) is 0 Å². The molecule has 0 aliphatic carbocycles. The zero-order valence-electron chi connectivity index (χ0n) is 8.54. The van der Waals surface area contributed by atoms with Crippen molar-refractivity contribution in [3.05, 3.63) is 55.4 Å². The SMILES string of the molecule is O=C(Cc1cc(F)cc(Br)c1)c1ccc(Cl)s1. The Morgan fingerprint density at radius 1 is 1.35 bits per heavy atom. The third kappa shape index (κ3) is 3.37. The molecule has 0 aliphatic heterocycles. The van der Waals surface area contributed by atoms with E-state index < -0.39 is 0 Å². The molecular formula is C12H7BrClFOS. The fourth-order valence-corrected chi connectivity index (χ4v) is 2.94. The molecule has 1 heterocycles. The highest BCUT2D eigenvalue weighted by atomic mass is 79.9. The molecule has 2 rings (SSSR count). The summed E-state index contributed by atoms with van der Waals surface area (Å²) in [5.74, 6) is -0.411. The van der Waals surface area contributed by atoms with Crippen molar-refractivity contribution in [3.63, 3.8) is 0 Å². The van der Waals surface area contributed by atoms with Crippen LogP contribution in [-0.2, 0) is 6.42 Å². The molecule has 0 unspecified atom stereocenters. The lowest BCUT2D eigenvalue weighted by Gasteiger charge is -2.01. The van der Waals surface area contributed by atoms with Gasteiger partial charge in [0.15, 0.2) is 5.78 Å². The predicted molar refractivity (Wildman–Crippen MR) is 71.5 cm³/mol. The van der Waals surface area contributed by atoms with Gasteiger partial charge in [0, 0.05) is 10.9 Å². The molecule has 1 aromatic carbocycles. The Hall–Kier alpha value is -0.710. The average Bonchev–Trinajstić information content (AvgIpc) is 2.63. The maximum absolute atomic E-state index is 13.1. The highest BCUT2D eigenvalue weighted by Gasteiger charge is 2.10. The zero-order chi connectivity index (χ0) is 12.4. The summed E-state index contributed by atoms with van der Waals surface area (Å²) < 4.78 is 14.3. The van der Waals surface area contributed by atoms with Gasteiger partial charge in [-0.1, -0.05) is 27.5 Å². The van der Waals surface area contributed by atoms with Crippen molar-refractivity contribution in [3.8, 4) is 0 Å². The first-order chi connectivity index (χ1) is 8.04. The number of ketones is 1. The first kappa shape index (κ1) is 12.7. The normalized spacial score (nSPS) is 10.5. The molecule has 0 aliphatic rings. The van der Waals surface area contributed by atoms with Crippen molar-refractivity contribution in [2.45, 2.75) is 6.42 Å². The van der Waals surface area contributed by atoms with Crippen LogP contribution in [0.25, 0.3) is 0 Å². The Morgan fingerprint density at radius 3 is 2.71 bits per heavy atom. The van der Waals surface area contributed by atoms with Gasteiger partial charge in [0.2, 0.25) is 0 Å². The molecule has 0 bridgehead atoms. The molecule has 17 heavy (non-hydrogen) atoms. The fourth-order valence-electron chi connectivity index (χ4n) is 1.45. The quantitative estimate of drug-likeness (QED) is 0.742.